The first-order valence-electron chi connectivity index (χ1n) is 4.46. The van der Waals surface area contributed by atoms with Crippen LogP contribution >= 0.6 is 0 Å². The van der Waals surface area contributed by atoms with Crippen molar-refractivity contribution in [3.63, 3.8) is 0 Å². The summed E-state index contributed by atoms with van der Waals surface area (Å²) in [5.74, 6) is 1.22. The van der Waals surface area contributed by atoms with E-state index in [0.717, 1.165) is 5.71 Å². The van der Waals surface area contributed by atoms with Crippen molar-refractivity contribution in [2.75, 3.05) is 0 Å². The van der Waals surface area contributed by atoms with Gasteiger partial charge in [-0.25, -0.2) is 0 Å². The van der Waals surface area contributed by atoms with Gasteiger partial charge >= 0.3 is 0 Å². The van der Waals surface area contributed by atoms with Crippen molar-refractivity contribution in [2.45, 2.75) is 27.2 Å². The van der Waals surface area contributed by atoms with E-state index in [4.69, 9.17) is 5.21 Å². The quantitative estimate of drug-likeness (QED) is 0.434. The van der Waals surface area contributed by atoms with Gasteiger partial charge in [0.25, 0.3) is 0 Å². The summed E-state index contributed by atoms with van der Waals surface area (Å²) in [6.07, 6.45) is 3.20. The summed E-state index contributed by atoms with van der Waals surface area (Å²) < 4.78 is 0. The monoisotopic (exact) mass is 165 g/mol. The van der Waals surface area contributed by atoms with Crippen LogP contribution < -0.4 is 0 Å². The maximum atomic E-state index is 8.78. The molecular formula is C10H15NO. The van der Waals surface area contributed by atoms with Crippen LogP contribution in [0, 0.1) is 17.3 Å². The molecule has 2 rings (SSSR count). The van der Waals surface area contributed by atoms with Gasteiger partial charge in [0.15, 0.2) is 0 Å². The standard InChI is InChI=1S/C10H15NO/c1-6-4-7-9(10(7,2)3)8(5-6)11-12/h5,7,9,12H,4H2,1-3H3/b11-8+. The van der Waals surface area contributed by atoms with Gasteiger partial charge in [0.05, 0.1) is 5.71 Å². The molecule has 1 N–H and O–H groups in total. The van der Waals surface area contributed by atoms with E-state index in [2.05, 4.69) is 25.9 Å². The SMILES string of the molecule is CC1=C/C(=N\O)C2C(C1)C2(C)C. The van der Waals surface area contributed by atoms with Crippen molar-refractivity contribution < 1.29 is 5.21 Å². The molecule has 0 saturated heterocycles. The Balaban J connectivity index is 2.31. The van der Waals surface area contributed by atoms with Gasteiger partial charge in [-0.1, -0.05) is 24.6 Å². The first-order chi connectivity index (χ1) is 5.57. The van der Waals surface area contributed by atoms with Crippen molar-refractivity contribution in [1.82, 2.24) is 0 Å². The second-order valence-corrected chi connectivity index (χ2v) is 4.63. The molecule has 66 valence electrons. The zero-order valence-corrected chi connectivity index (χ0v) is 7.83. The third-order valence-electron chi connectivity index (χ3n) is 3.42. The highest BCUT2D eigenvalue weighted by molar-refractivity contribution is 6.01. The van der Waals surface area contributed by atoms with E-state index in [1.165, 1.54) is 12.0 Å². The summed E-state index contributed by atoms with van der Waals surface area (Å²) in [6.45, 7) is 6.61. The lowest BCUT2D eigenvalue weighted by Crippen LogP contribution is -2.06. The zero-order valence-electron chi connectivity index (χ0n) is 7.83. The normalized spacial score (nSPS) is 40.6. The lowest BCUT2D eigenvalue weighted by Gasteiger charge is -2.07. The Hall–Kier alpha value is -0.790. The number of allylic oxidation sites excluding steroid dienone is 2. The molecule has 0 aromatic carbocycles. The fraction of sp³-hybridized carbons (Fsp3) is 0.700. The van der Waals surface area contributed by atoms with Crippen LogP contribution in [0.25, 0.3) is 0 Å². The second-order valence-electron chi connectivity index (χ2n) is 4.63. The van der Waals surface area contributed by atoms with Gasteiger partial charge in [0.2, 0.25) is 0 Å². The predicted octanol–water partition coefficient (Wildman–Crippen LogP) is 2.44. The summed E-state index contributed by atoms with van der Waals surface area (Å²) in [5.41, 5.74) is 2.58. The molecule has 2 heteroatoms. The average molecular weight is 165 g/mol. The Labute approximate surface area is 73.0 Å². The molecule has 0 radical (unpaired) electrons. The molecule has 2 unspecified atom stereocenters. The predicted molar refractivity (Wildman–Crippen MR) is 48.4 cm³/mol. The van der Waals surface area contributed by atoms with E-state index in [9.17, 15) is 0 Å². The third-order valence-corrected chi connectivity index (χ3v) is 3.42. The Morgan fingerprint density at radius 2 is 2.25 bits per heavy atom. The molecule has 2 nitrogen and oxygen atoms in total. The molecule has 0 spiro atoms. The van der Waals surface area contributed by atoms with Crippen molar-refractivity contribution in [2.24, 2.45) is 22.4 Å². The van der Waals surface area contributed by atoms with Gasteiger partial charge in [-0.3, -0.25) is 0 Å². The van der Waals surface area contributed by atoms with Gasteiger partial charge < -0.3 is 5.21 Å². The molecule has 0 amide bonds. The highest BCUT2D eigenvalue weighted by Gasteiger charge is 2.60. The first kappa shape index (κ1) is 7.84. The summed E-state index contributed by atoms with van der Waals surface area (Å²) in [6, 6.07) is 0. The third kappa shape index (κ3) is 0.838. The van der Waals surface area contributed by atoms with Crippen LogP contribution in [0.2, 0.25) is 0 Å². The van der Waals surface area contributed by atoms with E-state index >= 15 is 0 Å². The molecule has 2 aliphatic carbocycles. The largest absolute Gasteiger partial charge is 0.411 e. The molecule has 2 atom stereocenters. The van der Waals surface area contributed by atoms with Crippen LogP contribution in [0.4, 0.5) is 0 Å². The van der Waals surface area contributed by atoms with Gasteiger partial charge in [-0.05, 0) is 30.8 Å². The lowest BCUT2D eigenvalue weighted by atomic mass is 10.00. The maximum absolute atomic E-state index is 8.78. The molecule has 2 aliphatic rings. The van der Waals surface area contributed by atoms with Crippen LogP contribution in [0.5, 0.6) is 0 Å². The van der Waals surface area contributed by atoms with Crippen LogP contribution in [0.15, 0.2) is 16.8 Å². The first-order valence-corrected chi connectivity index (χ1v) is 4.46. The minimum atomic E-state index is 0.357. The minimum Gasteiger partial charge on any atom is -0.411 e. The van der Waals surface area contributed by atoms with Gasteiger partial charge in [-0.15, -0.1) is 0 Å². The van der Waals surface area contributed by atoms with Gasteiger partial charge in [0, 0.05) is 5.92 Å². The van der Waals surface area contributed by atoms with Crippen molar-refractivity contribution >= 4 is 5.71 Å². The zero-order chi connectivity index (χ0) is 8.93. The topological polar surface area (TPSA) is 32.6 Å². The summed E-state index contributed by atoms with van der Waals surface area (Å²) in [5, 5.41) is 12.1. The van der Waals surface area contributed by atoms with E-state index in [-0.39, 0.29) is 0 Å². The van der Waals surface area contributed by atoms with Crippen LogP contribution in [0.3, 0.4) is 0 Å². The van der Waals surface area contributed by atoms with Crippen molar-refractivity contribution in [1.29, 1.82) is 0 Å². The average Bonchev–Trinajstić information content (AvgIpc) is 2.53. The summed E-state index contributed by atoms with van der Waals surface area (Å²) in [4.78, 5) is 0. The molecular weight excluding hydrogens is 150 g/mol. The Morgan fingerprint density at radius 1 is 1.58 bits per heavy atom. The number of hydrogen-bond donors (Lipinski definition) is 1. The molecule has 0 aromatic rings. The molecule has 0 heterocycles. The fourth-order valence-electron chi connectivity index (χ4n) is 2.55. The smallest absolute Gasteiger partial charge is 0.0834 e. The molecule has 1 fully saturated rings. The van der Waals surface area contributed by atoms with Crippen LogP contribution in [-0.2, 0) is 0 Å². The van der Waals surface area contributed by atoms with E-state index in [1.54, 1.807) is 0 Å². The maximum Gasteiger partial charge on any atom is 0.0834 e. The van der Waals surface area contributed by atoms with Gasteiger partial charge in [-0.2, -0.15) is 0 Å². The summed E-state index contributed by atoms with van der Waals surface area (Å²) >= 11 is 0. The number of fused-ring (bicyclic) bond motifs is 1. The van der Waals surface area contributed by atoms with Crippen molar-refractivity contribution in [3.8, 4) is 0 Å². The fourth-order valence-corrected chi connectivity index (χ4v) is 2.55. The Bertz CT molecular complexity index is 276. The number of hydrogen-bond acceptors (Lipinski definition) is 2. The molecule has 0 aromatic heterocycles. The molecule has 1 saturated carbocycles. The molecule has 0 aliphatic heterocycles. The second kappa shape index (κ2) is 2.12. The van der Waals surface area contributed by atoms with E-state index in [0.29, 0.717) is 17.3 Å². The minimum absolute atomic E-state index is 0.357. The number of oxime groups is 1. The van der Waals surface area contributed by atoms with Crippen LogP contribution in [-0.4, -0.2) is 10.9 Å². The Kier molecular flexibility index (Phi) is 1.39. The van der Waals surface area contributed by atoms with Crippen LogP contribution in [0.1, 0.15) is 27.2 Å². The number of rotatable bonds is 0. The molecule has 12 heavy (non-hydrogen) atoms. The van der Waals surface area contributed by atoms with E-state index in [1.807, 2.05) is 6.08 Å². The van der Waals surface area contributed by atoms with Crippen molar-refractivity contribution in [3.05, 3.63) is 11.6 Å². The molecule has 0 bridgehead atoms. The van der Waals surface area contributed by atoms with Gasteiger partial charge in [0.1, 0.15) is 0 Å². The highest BCUT2D eigenvalue weighted by Crippen LogP contribution is 2.63. The summed E-state index contributed by atoms with van der Waals surface area (Å²) in [7, 11) is 0. The van der Waals surface area contributed by atoms with E-state index < -0.39 is 0 Å². The lowest BCUT2D eigenvalue weighted by molar-refractivity contribution is 0.316. The highest BCUT2D eigenvalue weighted by atomic mass is 16.4. The number of nitrogens with zero attached hydrogens (tertiary/aromatic N) is 1. The Morgan fingerprint density at radius 3 is 2.83 bits per heavy atom.